The molecule has 7 atom stereocenters. The average Bonchev–Trinajstić information content (AvgIpc) is 2.66. The Kier molecular flexibility index (Phi) is 8.90. The SMILES string of the molecule is CCC(C)(C)C(=O)O[C@H]1C[C@@H](C)C=C2C=C[C@H](C)[C@H](CC[C@H](O)C[C@@H](O)CC(=O)O)[C@H]21. The molecule has 6 heteroatoms. The molecule has 176 valence electrons. The van der Waals surface area contributed by atoms with E-state index < -0.39 is 23.6 Å². The van der Waals surface area contributed by atoms with E-state index in [2.05, 4.69) is 32.1 Å². The van der Waals surface area contributed by atoms with Crippen LogP contribution in [0.3, 0.4) is 0 Å². The molecule has 3 N–H and O–H groups in total. The van der Waals surface area contributed by atoms with E-state index in [0.717, 1.165) is 6.42 Å². The Morgan fingerprint density at radius 2 is 1.90 bits per heavy atom. The molecule has 0 fully saturated rings. The zero-order chi connectivity index (χ0) is 23.3. The molecule has 0 heterocycles. The summed E-state index contributed by atoms with van der Waals surface area (Å²) in [5.74, 6) is -0.347. The standard InChI is InChI=1S/C25H40O6/c1-6-25(4,5)24(30)31-21-12-15(2)11-17-8-7-16(3)20(23(17)21)10-9-18(26)13-19(27)14-22(28)29/h7-8,11,15-16,18-21,23,26-27H,6,9-10,12-14H2,1-5H3,(H,28,29)/t15-,16-,18-,19+,20-,21-,23-/m0/s1. The smallest absolute Gasteiger partial charge is 0.311 e. The van der Waals surface area contributed by atoms with Gasteiger partial charge in [-0.05, 0) is 69.3 Å². The number of hydrogen-bond acceptors (Lipinski definition) is 5. The van der Waals surface area contributed by atoms with Crippen molar-refractivity contribution in [2.45, 2.75) is 91.5 Å². The van der Waals surface area contributed by atoms with Crippen LogP contribution in [0.5, 0.6) is 0 Å². The van der Waals surface area contributed by atoms with Crippen molar-refractivity contribution in [3.05, 3.63) is 23.8 Å². The lowest BCUT2D eigenvalue weighted by molar-refractivity contribution is -0.164. The maximum atomic E-state index is 12.8. The minimum absolute atomic E-state index is 0.0523. The van der Waals surface area contributed by atoms with Gasteiger partial charge in [0.1, 0.15) is 6.10 Å². The molecule has 0 aromatic heterocycles. The number of carbonyl (C=O) groups excluding carboxylic acids is 1. The van der Waals surface area contributed by atoms with Gasteiger partial charge in [-0.25, -0.2) is 0 Å². The summed E-state index contributed by atoms with van der Waals surface area (Å²) in [6, 6.07) is 0. The van der Waals surface area contributed by atoms with Gasteiger partial charge in [0, 0.05) is 5.92 Å². The summed E-state index contributed by atoms with van der Waals surface area (Å²) >= 11 is 0. The first-order valence-electron chi connectivity index (χ1n) is 11.6. The van der Waals surface area contributed by atoms with Crippen molar-refractivity contribution in [1.82, 2.24) is 0 Å². The molecule has 0 aromatic rings. The van der Waals surface area contributed by atoms with Crippen LogP contribution in [-0.4, -0.2) is 45.6 Å². The number of fused-ring (bicyclic) bond motifs is 1. The molecule has 2 rings (SSSR count). The first-order valence-corrected chi connectivity index (χ1v) is 11.6. The Balaban J connectivity index is 2.12. The quantitative estimate of drug-likeness (QED) is 0.445. The van der Waals surface area contributed by atoms with Crippen molar-refractivity contribution in [1.29, 1.82) is 0 Å². The van der Waals surface area contributed by atoms with Gasteiger partial charge in [0.15, 0.2) is 0 Å². The molecule has 0 amide bonds. The largest absolute Gasteiger partial charge is 0.481 e. The van der Waals surface area contributed by atoms with Gasteiger partial charge >= 0.3 is 11.9 Å². The second-order valence-corrected chi connectivity index (χ2v) is 10.2. The van der Waals surface area contributed by atoms with Gasteiger partial charge in [-0.15, -0.1) is 0 Å². The summed E-state index contributed by atoms with van der Waals surface area (Å²) in [6.07, 6.45) is 6.98. The van der Waals surface area contributed by atoms with Gasteiger partial charge in [-0.1, -0.05) is 39.0 Å². The number of esters is 1. The lowest BCUT2D eigenvalue weighted by atomic mass is 9.65. The van der Waals surface area contributed by atoms with E-state index in [1.807, 2.05) is 20.8 Å². The van der Waals surface area contributed by atoms with E-state index in [-0.39, 0.29) is 42.7 Å². The minimum Gasteiger partial charge on any atom is -0.481 e. The van der Waals surface area contributed by atoms with Crippen LogP contribution < -0.4 is 0 Å². The molecule has 0 saturated carbocycles. The highest BCUT2D eigenvalue weighted by Crippen LogP contribution is 2.45. The number of carboxylic acid groups (broad SMARTS) is 1. The first-order chi connectivity index (χ1) is 14.4. The van der Waals surface area contributed by atoms with Crippen LogP contribution in [0.4, 0.5) is 0 Å². The third-order valence-corrected chi connectivity index (χ3v) is 7.08. The van der Waals surface area contributed by atoms with Crippen LogP contribution in [0, 0.1) is 29.1 Å². The molecule has 6 nitrogen and oxygen atoms in total. The maximum absolute atomic E-state index is 12.8. The lowest BCUT2D eigenvalue weighted by Gasteiger charge is -2.44. The Morgan fingerprint density at radius 3 is 2.52 bits per heavy atom. The summed E-state index contributed by atoms with van der Waals surface area (Å²) in [5.41, 5.74) is 0.682. The third kappa shape index (κ3) is 6.91. The number of aliphatic carboxylic acids is 1. The Bertz CT molecular complexity index is 694. The maximum Gasteiger partial charge on any atom is 0.311 e. The van der Waals surface area contributed by atoms with E-state index >= 15 is 0 Å². The molecule has 2 aliphatic rings. The van der Waals surface area contributed by atoms with Crippen molar-refractivity contribution < 1.29 is 29.6 Å². The molecule has 2 aliphatic carbocycles. The van der Waals surface area contributed by atoms with E-state index in [4.69, 9.17) is 9.84 Å². The van der Waals surface area contributed by atoms with E-state index in [1.54, 1.807) is 0 Å². The topological polar surface area (TPSA) is 104 Å². The highest BCUT2D eigenvalue weighted by atomic mass is 16.5. The Morgan fingerprint density at radius 1 is 1.23 bits per heavy atom. The number of carboxylic acids is 1. The number of rotatable bonds is 10. The van der Waals surface area contributed by atoms with Crippen LogP contribution >= 0.6 is 0 Å². The second kappa shape index (κ2) is 10.8. The van der Waals surface area contributed by atoms with Crippen LogP contribution in [0.25, 0.3) is 0 Å². The van der Waals surface area contributed by atoms with Crippen molar-refractivity contribution in [2.24, 2.45) is 29.1 Å². The van der Waals surface area contributed by atoms with Gasteiger partial charge < -0.3 is 20.1 Å². The van der Waals surface area contributed by atoms with Crippen LogP contribution in [0.2, 0.25) is 0 Å². The monoisotopic (exact) mass is 436 g/mol. The van der Waals surface area contributed by atoms with Crippen molar-refractivity contribution >= 4 is 11.9 Å². The third-order valence-electron chi connectivity index (χ3n) is 7.08. The molecule has 0 bridgehead atoms. The molecular weight excluding hydrogens is 396 g/mol. The van der Waals surface area contributed by atoms with Crippen molar-refractivity contribution in [3.63, 3.8) is 0 Å². The molecule has 0 aliphatic heterocycles. The van der Waals surface area contributed by atoms with E-state index in [9.17, 15) is 19.8 Å². The van der Waals surface area contributed by atoms with E-state index in [1.165, 1.54) is 5.57 Å². The lowest BCUT2D eigenvalue weighted by Crippen LogP contribution is -2.43. The van der Waals surface area contributed by atoms with E-state index in [0.29, 0.717) is 25.2 Å². The summed E-state index contributed by atoms with van der Waals surface area (Å²) in [6.45, 7) is 10.1. The Hall–Kier alpha value is -1.66. The molecule has 0 saturated heterocycles. The number of carbonyl (C=O) groups is 2. The van der Waals surface area contributed by atoms with Crippen molar-refractivity contribution in [2.75, 3.05) is 0 Å². The average molecular weight is 437 g/mol. The minimum atomic E-state index is -1.07. The van der Waals surface area contributed by atoms with Crippen molar-refractivity contribution in [3.8, 4) is 0 Å². The normalized spacial score (nSPS) is 30.2. The predicted molar refractivity (Wildman–Crippen MR) is 119 cm³/mol. The Labute approximate surface area is 186 Å². The number of ether oxygens (including phenoxy) is 1. The molecule has 0 radical (unpaired) electrons. The fourth-order valence-electron chi connectivity index (χ4n) is 4.76. The fourth-order valence-corrected chi connectivity index (χ4v) is 4.76. The fraction of sp³-hybridized carbons (Fsp3) is 0.760. The van der Waals surface area contributed by atoms with Gasteiger partial charge in [0.25, 0.3) is 0 Å². The van der Waals surface area contributed by atoms with Crippen LogP contribution in [-0.2, 0) is 14.3 Å². The summed E-state index contributed by atoms with van der Waals surface area (Å²) < 4.78 is 6.10. The zero-order valence-electron chi connectivity index (χ0n) is 19.6. The zero-order valence-corrected chi connectivity index (χ0v) is 19.6. The van der Waals surface area contributed by atoms with Gasteiger partial charge in [0.05, 0.1) is 24.0 Å². The number of allylic oxidation sites excluding steroid dienone is 3. The highest BCUT2D eigenvalue weighted by molar-refractivity contribution is 5.76. The number of aliphatic hydroxyl groups is 2. The summed E-state index contributed by atoms with van der Waals surface area (Å²) in [7, 11) is 0. The molecule has 0 unspecified atom stereocenters. The van der Waals surface area contributed by atoms with Crippen LogP contribution in [0.1, 0.15) is 73.1 Å². The number of aliphatic hydroxyl groups excluding tert-OH is 2. The molecule has 31 heavy (non-hydrogen) atoms. The molecular formula is C25H40O6. The summed E-state index contributed by atoms with van der Waals surface area (Å²) in [4.78, 5) is 23.6. The van der Waals surface area contributed by atoms with Gasteiger partial charge in [0.2, 0.25) is 0 Å². The van der Waals surface area contributed by atoms with Crippen LogP contribution in [0.15, 0.2) is 23.8 Å². The second-order valence-electron chi connectivity index (χ2n) is 10.2. The van der Waals surface area contributed by atoms with Gasteiger partial charge in [-0.3, -0.25) is 9.59 Å². The predicted octanol–water partition coefficient (Wildman–Crippen LogP) is 4.11. The molecule has 0 aromatic carbocycles. The molecule has 0 spiro atoms. The highest BCUT2D eigenvalue weighted by Gasteiger charge is 2.42. The number of hydrogen-bond donors (Lipinski definition) is 3. The summed E-state index contributed by atoms with van der Waals surface area (Å²) in [5, 5.41) is 29.0. The van der Waals surface area contributed by atoms with Gasteiger partial charge in [-0.2, -0.15) is 0 Å². The first kappa shape index (κ1) is 25.6.